The molecule has 2 aromatic rings. The molecule has 1 saturated carbocycles. The molecule has 1 amide bonds. The molecule has 0 aliphatic heterocycles. The summed E-state index contributed by atoms with van der Waals surface area (Å²) in [7, 11) is -3.22. The Morgan fingerprint density at radius 2 is 1.97 bits per heavy atom. The van der Waals surface area contributed by atoms with Gasteiger partial charge >= 0.3 is 6.61 Å². The van der Waals surface area contributed by atoms with Crippen LogP contribution in [0.1, 0.15) is 74.0 Å². The number of carbonyl (C=O) groups is 1. The van der Waals surface area contributed by atoms with Gasteiger partial charge in [0.15, 0.2) is 11.4 Å². The lowest BCUT2D eigenvalue weighted by molar-refractivity contribution is -0.0499. The molecule has 1 aromatic heterocycles. The van der Waals surface area contributed by atoms with E-state index in [0.717, 1.165) is 5.56 Å². The topological polar surface area (TPSA) is 134 Å². The summed E-state index contributed by atoms with van der Waals surface area (Å²) in [5.74, 6) is -0.660. The summed E-state index contributed by atoms with van der Waals surface area (Å²) in [5, 5.41) is 22.8. The molecule has 2 N–H and O–H groups in total. The molecule has 0 bridgehead atoms. The van der Waals surface area contributed by atoms with Crippen molar-refractivity contribution in [1.29, 1.82) is 5.26 Å². The van der Waals surface area contributed by atoms with Gasteiger partial charge in [0, 0.05) is 12.8 Å². The molecule has 3 rings (SSSR count). The predicted molar refractivity (Wildman–Crippen MR) is 137 cm³/mol. The molecule has 0 spiro atoms. The first-order valence-electron chi connectivity index (χ1n) is 12.3. The molecule has 1 aliphatic carbocycles. The summed E-state index contributed by atoms with van der Waals surface area (Å²) in [4.78, 5) is 17.2. The Kier molecular flexibility index (Phi) is 8.53. The van der Waals surface area contributed by atoms with Crippen molar-refractivity contribution < 1.29 is 31.8 Å². The van der Waals surface area contributed by atoms with E-state index < -0.39 is 33.2 Å². The maximum atomic E-state index is 13.3. The third-order valence-corrected chi connectivity index (χ3v) is 8.31. The molecular formula is C26H34F2N4O5S. The first kappa shape index (κ1) is 29.5. The highest BCUT2D eigenvalue weighted by atomic mass is 32.2. The minimum absolute atomic E-state index is 0.105. The Morgan fingerprint density at radius 1 is 1.34 bits per heavy atom. The van der Waals surface area contributed by atoms with Gasteiger partial charge in [0.05, 0.1) is 16.5 Å². The van der Waals surface area contributed by atoms with E-state index in [1.807, 2.05) is 26.8 Å². The van der Waals surface area contributed by atoms with Crippen LogP contribution in [0.4, 0.5) is 8.78 Å². The summed E-state index contributed by atoms with van der Waals surface area (Å²) >= 11 is 0. The van der Waals surface area contributed by atoms with Crippen molar-refractivity contribution in [2.45, 2.75) is 77.3 Å². The summed E-state index contributed by atoms with van der Waals surface area (Å²) in [6.45, 7) is 4.32. The molecule has 1 heterocycles. The quantitative estimate of drug-likeness (QED) is 0.510. The van der Waals surface area contributed by atoms with E-state index in [4.69, 9.17) is 4.74 Å². The molecule has 208 valence electrons. The first-order chi connectivity index (χ1) is 17.5. The highest BCUT2D eigenvalue weighted by molar-refractivity contribution is 7.91. The Bertz CT molecular complexity index is 1330. The van der Waals surface area contributed by atoms with E-state index >= 15 is 0 Å². The lowest BCUT2D eigenvalue weighted by atomic mass is 9.84. The van der Waals surface area contributed by atoms with Gasteiger partial charge in [-0.05, 0) is 62.1 Å². The van der Waals surface area contributed by atoms with E-state index in [2.05, 4.69) is 10.3 Å². The van der Waals surface area contributed by atoms with Crippen molar-refractivity contribution in [1.82, 2.24) is 14.9 Å². The monoisotopic (exact) mass is 552 g/mol. The molecule has 0 unspecified atom stereocenters. The normalized spacial score (nSPS) is 20.3. The number of aromatic nitrogens is 2. The fourth-order valence-corrected chi connectivity index (χ4v) is 5.90. The minimum atomic E-state index is -3.22. The lowest BCUT2D eigenvalue weighted by Crippen LogP contribution is -2.47. The van der Waals surface area contributed by atoms with Crippen LogP contribution in [0.2, 0.25) is 0 Å². The van der Waals surface area contributed by atoms with Gasteiger partial charge in [-0.15, -0.1) is 0 Å². The third kappa shape index (κ3) is 7.08. The standard InChI is InChI=1S/C26H34F2N4O5S/c1-16-31-22(23(33)30-15-26(34)10-8-18(9-11-26)38(5,35)36)20(14-29)32(16)19-7-6-17(13-25(2,3)4)12-21(19)37-24(27)28/h6-7,12,18,24,34H,8-11,13,15H2,1-5H3,(H,30,33). The van der Waals surface area contributed by atoms with Gasteiger partial charge in [-0.1, -0.05) is 26.8 Å². The van der Waals surface area contributed by atoms with Crippen molar-refractivity contribution in [3.8, 4) is 17.5 Å². The first-order valence-corrected chi connectivity index (χ1v) is 14.3. The lowest BCUT2D eigenvalue weighted by Gasteiger charge is -2.35. The van der Waals surface area contributed by atoms with Gasteiger partial charge in [0.1, 0.15) is 27.5 Å². The number of hydrogen-bond donors (Lipinski definition) is 2. The van der Waals surface area contributed by atoms with Gasteiger partial charge in [-0.25, -0.2) is 13.4 Å². The number of alkyl halides is 2. The molecule has 1 aromatic carbocycles. The van der Waals surface area contributed by atoms with E-state index in [0.29, 0.717) is 6.42 Å². The van der Waals surface area contributed by atoms with Crippen LogP contribution in [-0.2, 0) is 16.3 Å². The molecule has 0 saturated heterocycles. The van der Waals surface area contributed by atoms with Crippen LogP contribution < -0.4 is 10.1 Å². The van der Waals surface area contributed by atoms with Crippen molar-refractivity contribution >= 4 is 15.7 Å². The van der Waals surface area contributed by atoms with Crippen molar-refractivity contribution in [2.75, 3.05) is 12.8 Å². The third-order valence-electron chi connectivity index (χ3n) is 6.63. The number of nitrogens with one attached hydrogen (secondary N) is 1. The van der Waals surface area contributed by atoms with E-state index in [1.165, 1.54) is 23.8 Å². The Balaban J connectivity index is 1.87. The van der Waals surface area contributed by atoms with E-state index in [-0.39, 0.29) is 66.3 Å². The Labute approximate surface area is 221 Å². The molecule has 0 atom stereocenters. The minimum Gasteiger partial charge on any atom is -0.433 e. The number of amides is 1. The fraction of sp³-hybridized carbons (Fsp3) is 0.577. The molecular weight excluding hydrogens is 518 g/mol. The number of imidazole rings is 1. The van der Waals surface area contributed by atoms with Gasteiger partial charge in [-0.3, -0.25) is 9.36 Å². The number of aliphatic hydroxyl groups is 1. The molecule has 9 nitrogen and oxygen atoms in total. The summed E-state index contributed by atoms with van der Waals surface area (Å²) in [6, 6.07) is 6.74. The SMILES string of the molecule is Cc1nc(C(=O)NCC2(O)CCC(S(C)(=O)=O)CC2)c(C#N)n1-c1ccc(CC(C)(C)C)cc1OC(F)F. The number of nitriles is 1. The number of sulfone groups is 1. The van der Waals surface area contributed by atoms with Gasteiger partial charge in [0.25, 0.3) is 5.91 Å². The van der Waals surface area contributed by atoms with Crippen molar-refractivity contribution in [3.63, 3.8) is 0 Å². The number of carbonyl (C=O) groups excluding carboxylic acids is 1. The van der Waals surface area contributed by atoms with Crippen LogP contribution in [0.3, 0.4) is 0 Å². The van der Waals surface area contributed by atoms with Crippen molar-refractivity contribution in [3.05, 3.63) is 41.0 Å². The number of hydrogen-bond acceptors (Lipinski definition) is 7. The van der Waals surface area contributed by atoms with Crippen LogP contribution in [0, 0.1) is 23.7 Å². The second-order valence-corrected chi connectivity index (χ2v) is 13.5. The zero-order valence-electron chi connectivity index (χ0n) is 22.2. The fourth-order valence-electron chi connectivity index (χ4n) is 4.81. The van der Waals surface area contributed by atoms with Crippen LogP contribution in [0.25, 0.3) is 5.69 Å². The average molecular weight is 553 g/mol. The molecule has 1 fully saturated rings. The highest BCUT2D eigenvalue weighted by Gasteiger charge is 2.37. The molecule has 38 heavy (non-hydrogen) atoms. The zero-order valence-corrected chi connectivity index (χ0v) is 23.0. The largest absolute Gasteiger partial charge is 0.433 e. The van der Waals surface area contributed by atoms with Gasteiger partial charge in [0.2, 0.25) is 0 Å². The number of nitrogens with zero attached hydrogens (tertiary/aromatic N) is 3. The maximum absolute atomic E-state index is 13.3. The Morgan fingerprint density at radius 3 is 2.50 bits per heavy atom. The number of halogens is 2. The smallest absolute Gasteiger partial charge is 0.387 e. The number of benzene rings is 1. The van der Waals surface area contributed by atoms with Crippen LogP contribution in [-0.4, -0.2) is 59.2 Å². The average Bonchev–Trinajstić information content (AvgIpc) is 3.12. The number of aryl methyl sites for hydroxylation is 1. The Hall–Kier alpha value is -3.04. The summed E-state index contributed by atoms with van der Waals surface area (Å²) in [5.41, 5.74) is -0.879. The second kappa shape index (κ2) is 11.0. The zero-order chi connectivity index (χ0) is 28.5. The molecule has 0 radical (unpaired) electrons. The molecule has 12 heteroatoms. The number of ether oxygens (including phenoxy) is 1. The van der Waals surface area contributed by atoms with Crippen LogP contribution in [0.15, 0.2) is 18.2 Å². The summed E-state index contributed by atoms with van der Waals surface area (Å²) < 4.78 is 56.2. The van der Waals surface area contributed by atoms with Gasteiger partial charge < -0.3 is 15.2 Å². The van der Waals surface area contributed by atoms with E-state index in [9.17, 15) is 32.4 Å². The van der Waals surface area contributed by atoms with Crippen LogP contribution in [0.5, 0.6) is 5.75 Å². The van der Waals surface area contributed by atoms with Gasteiger partial charge in [-0.2, -0.15) is 14.0 Å². The second-order valence-electron chi connectivity index (χ2n) is 11.2. The maximum Gasteiger partial charge on any atom is 0.387 e. The summed E-state index contributed by atoms with van der Waals surface area (Å²) in [6.07, 6.45) is 2.71. The molecule has 1 aliphatic rings. The van der Waals surface area contributed by atoms with E-state index in [1.54, 1.807) is 12.1 Å². The number of rotatable bonds is 8. The predicted octanol–water partition coefficient (Wildman–Crippen LogP) is 3.69. The highest BCUT2D eigenvalue weighted by Crippen LogP contribution is 2.33. The van der Waals surface area contributed by atoms with Crippen LogP contribution >= 0.6 is 0 Å². The van der Waals surface area contributed by atoms with Crippen molar-refractivity contribution in [2.24, 2.45) is 5.41 Å².